The second-order valence-corrected chi connectivity index (χ2v) is 9.61. The van der Waals surface area contributed by atoms with E-state index in [9.17, 15) is 22.0 Å². The first kappa shape index (κ1) is 24.9. The predicted molar refractivity (Wildman–Crippen MR) is 124 cm³/mol. The van der Waals surface area contributed by atoms with Crippen molar-refractivity contribution in [3.8, 4) is 5.75 Å². The molecule has 7 nitrogen and oxygen atoms in total. The van der Waals surface area contributed by atoms with Gasteiger partial charge in [0.1, 0.15) is 5.75 Å². The highest BCUT2D eigenvalue weighted by molar-refractivity contribution is 7.89. The minimum atomic E-state index is -3.73. The highest BCUT2D eigenvalue weighted by Crippen LogP contribution is 2.32. The first-order chi connectivity index (χ1) is 15.8. The van der Waals surface area contributed by atoms with Gasteiger partial charge in [0, 0.05) is 31.7 Å². The molecule has 1 N–H and O–H groups in total. The Morgan fingerprint density at radius 1 is 1.09 bits per heavy atom. The predicted octanol–water partition coefficient (Wildman–Crippen LogP) is 4.56. The number of piperidine rings is 1. The zero-order valence-electron chi connectivity index (χ0n) is 18.8. The van der Waals surface area contributed by atoms with Crippen molar-refractivity contribution in [1.82, 2.24) is 4.31 Å². The molecule has 10 heteroatoms. The van der Waals surface area contributed by atoms with E-state index in [1.165, 1.54) is 34.6 Å². The first-order valence-electron chi connectivity index (χ1n) is 11.0. The van der Waals surface area contributed by atoms with Gasteiger partial charge in [-0.3, -0.25) is 4.79 Å². The summed E-state index contributed by atoms with van der Waals surface area (Å²) in [5, 5.41) is 2.79. The monoisotopic (exact) mass is 481 g/mol. The zero-order chi connectivity index (χ0) is 24.0. The van der Waals surface area contributed by atoms with Crippen LogP contribution < -0.4 is 15.0 Å². The van der Waals surface area contributed by atoms with Crippen LogP contribution in [0.3, 0.4) is 0 Å². The summed E-state index contributed by atoms with van der Waals surface area (Å²) in [5.41, 5.74) is 1.20. The summed E-state index contributed by atoms with van der Waals surface area (Å²) in [6.07, 6.45) is 3.11. The molecule has 1 fully saturated rings. The van der Waals surface area contributed by atoms with Gasteiger partial charge in [-0.1, -0.05) is 19.9 Å². The van der Waals surface area contributed by atoms with Crippen LogP contribution in [0.1, 0.15) is 43.5 Å². The number of hydrogen-bond acceptors (Lipinski definition) is 5. The second-order valence-electron chi connectivity index (χ2n) is 7.68. The van der Waals surface area contributed by atoms with E-state index < -0.39 is 22.5 Å². The molecule has 0 unspecified atom stereocenters. The van der Waals surface area contributed by atoms with E-state index in [1.54, 1.807) is 26.0 Å². The summed E-state index contributed by atoms with van der Waals surface area (Å²) in [5.74, 6) is -0.683. The largest absolute Gasteiger partial charge is 0.435 e. The maximum Gasteiger partial charge on any atom is 0.387 e. The Hall–Kier alpha value is -2.72. The van der Waals surface area contributed by atoms with E-state index in [2.05, 4.69) is 15.0 Å². The molecule has 1 aliphatic rings. The molecule has 0 spiro atoms. The van der Waals surface area contributed by atoms with Crippen molar-refractivity contribution < 1.29 is 26.7 Å². The molecular formula is C23H29F2N3O4S. The van der Waals surface area contributed by atoms with Gasteiger partial charge in [-0.2, -0.15) is 13.1 Å². The quantitative estimate of drug-likeness (QED) is 0.568. The molecule has 0 saturated carbocycles. The maximum atomic E-state index is 13.0. The molecule has 1 saturated heterocycles. The van der Waals surface area contributed by atoms with Gasteiger partial charge < -0.3 is 15.0 Å². The third-order valence-corrected chi connectivity index (χ3v) is 7.62. The van der Waals surface area contributed by atoms with Crippen LogP contribution in [0.25, 0.3) is 0 Å². The number of carbonyl (C=O) groups excluding carboxylic acids is 1. The van der Waals surface area contributed by atoms with Crippen LogP contribution in [0.2, 0.25) is 0 Å². The van der Waals surface area contributed by atoms with Gasteiger partial charge in [0.25, 0.3) is 5.91 Å². The number of nitrogens with one attached hydrogen (secondary N) is 1. The van der Waals surface area contributed by atoms with E-state index in [-0.39, 0.29) is 16.2 Å². The fourth-order valence-corrected chi connectivity index (χ4v) is 5.39. The smallest absolute Gasteiger partial charge is 0.387 e. The Bertz CT molecular complexity index is 1070. The molecule has 0 radical (unpaired) electrons. The molecule has 0 atom stereocenters. The molecule has 1 heterocycles. The number of amides is 1. The summed E-state index contributed by atoms with van der Waals surface area (Å²) in [7, 11) is -3.73. The number of benzene rings is 2. The number of halogens is 2. The second kappa shape index (κ2) is 10.9. The van der Waals surface area contributed by atoms with Gasteiger partial charge >= 0.3 is 6.61 Å². The summed E-state index contributed by atoms with van der Waals surface area (Å²) in [6, 6.07) is 10.2. The standard InChI is InChI=1S/C23H29F2N3O4S/c1-3-28(4-2)33(30,31)19-11-12-21(27-13-6-5-7-14-27)20(16-19)26-22(29)17-9-8-10-18(15-17)32-23(24)25/h8-12,15-16,23H,3-7,13-14H2,1-2H3,(H,26,29). The first-order valence-corrected chi connectivity index (χ1v) is 12.5. The highest BCUT2D eigenvalue weighted by atomic mass is 32.2. The number of nitrogens with zero attached hydrogens (tertiary/aromatic N) is 2. The van der Waals surface area contributed by atoms with Crippen molar-refractivity contribution in [2.45, 2.75) is 44.6 Å². The van der Waals surface area contributed by atoms with Crippen LogP contribution in [-0.2, 0) is 10.0 Å². The van der Waals surface area contributed by atoms with Crippen LogP contribution in [0.5, 0.6) is 5.75 Å². The average molecular weight is 482 g/mol. The Labute approximate surface area is 193 Å². The summed E-state index contributed by atoms with van der Waals surface area (Å²) in [6.45, 7) is 2.76. The number of anilines is 2. The Morgan fingerprint density at radius 3 is 2.42 bits per heavy atom. The SMILES string of the molecule is CCN(CC)S(=O)(=O)c1ccc(N2CCCCC2)c(NC(=O)c2cccc(OC(F)F)c2)c1. The Balaban J connectivity index is 1.97. The number of carbonyl (C=O) groups is 1. The minimum Gasteiger partial charge on any atom is -0.435 e. The van der Waals surface area contributed by atoms with Crippen LogP contribution in [0.4, 0.5) is 20.2 Å². The summed E-state index contributed by atoms with van der Waals surface area (Å²) >= 11 is 0. The van der Waals surface area contributed by atoms with Crippen LogP contribution >= 0.6 is 0 Å². The Kier molecular flexibility index (Phi) is 8.25. The third-order valence-electron chi connectivity index (χ3n) is 5.58. The molecule has 2 aromatic rings. The van der Waals surface area contributed by atoms with Gasteiger partial charge in [-0.15, -0.1) is 0 Å². The number of rotatable bonds is 9. The van der Waals surface area contributed by atoms with Gasteiger partial charge in [-0.05, 0) is 55.7 Å². The molecule has 1 amide bonds. The lowest BCUT2D eigenvalue weighted by molar-refractivity contribution is -0.0498. The lowest BCUT2D eigenvalue weighted by Crippen LogP contribution is -2.32. The van der Waals surface area contributed by atoms with Crippen LogP contribution in [-0.4, -0.2) is 51.4 Å². The molecule has 180 valence electrons. The molecule has 0 bridgehead atoms. The van der Waals surface area contributed by atoms with E-state index in [0.717, 1.165) is 38.0 Å². The van der Waals surface area contributed by atoms with E-state index in [0.29, 0.717) is 18.8 Å². The summed E-state index contributed by atoms with van der Waals surface area (Å²) < 4.78 is 56.9. The topological polar surface area (TPSA) is 79.0 Å². The number of alkyl halides is 2. The lowest BCUT2D eigenvalue weighted by Gasteiger charge is -2.31. The van der Waals surface area contributed by atoms with Crippen LogP contribution in [0, 0.1) is 0 Å². The third kappa shape index (κ3) is 6.00. The van der Waals surface area contributed by atoms with Crippen molar-refractivity contribution in [3.05, 3.63) is 48.0 Å². The van der Waals surface area contributed by atoms with Gasteiger partial charge in [0.05, 0.1) is 16.3 Å². The number of hydrogen-bond donors (Lipinski definition) is 1. The fraction of sp³-hybridized carbons (Fsp3) is 0.435. The molecular weight excluding hydrogens is 452 g/mol. The van der Waals surface area contributed by atoms with Crippen molar-refractivity contribution in [2.75, 3.05) is 36.4 Å². The van der Waals surface area contributed by atoms with Gasteiger partial charge in [0.15, 0.2) is 0 Å². The van der Waals surface area contributed by atoms with Crippen molar-refractivity contribution in [1.29, 1.82) is 0 Å². The van der Waals surface area contributed by atoms with Crippen molar-refractivity contribution >= 4 is 27.3 Å². The van der Waals surface area contributed by atoms with E-state index in [4.69, 9.17) is 0 Å². The molecule has 33 heavy (non-hydrogen) atoms. The zero-order valence-corrected chi connectivity index (χ0v) is 19.6. The van der Waals surface area contributed by atoms with Gasteiger partial charge in [0.2, 0.25) is 10.0 Å². The Morgan fingerprint density at radius 2 is 1.79 bits per heavy atom. The van der Waals surface area contributed by atoms with Crippen LogP contribution in [0.15, 0.2) is 47.4 Å². The van der Waals surface area contributed by atoms with Crippen molar-refractivity contribution in [3.63, 3.8) is 0 Å². The summed E-state index contributed by atoms with van der Waals surface area (Å²) in [4.78, 5) is 15.2. The van der Waals surface area contributed by atoms with Gasteiger partial charge in [-0.25, -0.2) is 8.42 Å². The molecule has 0 aliphatic carbocycles. The number of ether oxygens (including phenoxy) is 1. The van der Waals surface area contributed by atoms with E-state index >= 15 is 0 Å². The maximum absolute atomic E-state index is 13.0. The fourth-order valence-electron chi connectivity index (χ4n) is 3.91. The number of sulfonamides is 1. The molecule has 0 aromatic heterocycles. The normalized spacial score (nSPS) is 14.5. The average Bonchev–Trinajstić information content (AvgIpc) is 2.80. The van der Waals surface area contributed by atoms with E-state index in [1.807, 2.05) is 0 Å². The highest BCUT2D eigenvalue weighted by Gasteiger charge is 2.25. The molecule has 2 aromatic carbocycles. The minimum absolute atomic E-state index is 0.0806. The molecule has 3 rings (SSSR count). The lowest BCUT2D eigenvalue weighted by atomic mass is 10.1. The molecule has 1 aliphatic heterocycles. The van der Waals surface area contributed by atoms with Crippen molar-refractivity contribution in [2.24, 2.45) is 0 Å².